The maximum absolute atomic E-state index is 5.79. The first kappa shape index (κ1) is 17.0. The van der Waals surface area contributed by atoms with Crippen LogP contribution in [0.2, 0.25) is 0 Å². The van der Waals surface area contributed by atoms with Crippen LogP contribution in [0.3, 0.4) is 0 Å². The van der Waals surface area contributed by atoms with Gasteiger partial charge in [0.05, 0.1) is 0 Å². The number of hydrogen-bond acceptors (Lipinski definition) is 7. The van der Waals surface area contributed by atoms with Crippen LogP contribution in [-0.2, 0) is 0 Å². The molecule has 2 aliphatic rings. The zero-order valence-corrected chi connectivity index (χ0v) is 15.4. The number of piperidine rings is 2. The van der Waals surface area contributed by atoms with Crippen LogP contribution in [0, 0.1) is 18.8 Å². The van der Waals surface area contributed by atoms with Crippen molar-refractivity contribution in [3.63, 3.8) is 0 Å². The molecule has 26 heavy (non-hydrogen) atoms. The average molecular weight is 353 g/mol. The quantitative estimate of drug-likeness (QED) is 0.906. The first-order chi connectivity index (χ1) is 12.7. The summed E-state index contributed by atoms with van der Waals surface area (Å²) in [6.45, 7) is 6.27. The van der Waals surface area contributed by atoms with Gasteiger partial charge in [-0.2, -0.15) is 0 Å². The van der Waals surface area contributed by atoms with E-state index >= 15 is 0 Å². The third kappa shape index (κ3) is 3.71. The van der Waals surface area contributed by atoms with Crippen LogP contribution in [0.4, 0.5) is 17.6 Å². The van der Waals surface area contributed by atoms with Gasteiger partial charge in [0.25, 0.3) is 0 Å². The minimum atomic E-state index is 0.544. The van der Waals surface area contributed by atoms with Gasteiger partial charge in [0, 0.05) is 44.6 Å². The van der Waals surface area contributed by atoms with Gasteiger partial charge in [-0.05, 0) is 50.0 Å². The number of aryl methyl sites for hydroxylation is 1. The van der Waals surface area contributed by atoms with E-state index in [0.717, 1.165) is 55.3 Å². The van der Waals surface area contributed by atoms with Crippen LogP contribution in [0.15, 0.2) is 24.8 Å². The van der Waals surface area contributed by atoms with Gasteiger partial charge in [-0.3, -0.25) is 0 Å². The monoisotopic (exact) mass is 353 g/mol. The molecule has 0 aliphatic carbocycles. The highest BCUT2D eigenvalue weighted by atomic mass is 15.2. The van der Waals surface area contributed by atoms with Gasteiger partial charge in [-0.15, -0.1) is 0 Å². The molecular formula is C19H27N7. The minimum Gasteiger partial charge on any atom is -0.384 e. The van der Waals surface area contributed by atoms with E-state index in [1.165, 1.54) is 25.7 Å². The summed E-state index contributed by atoms with van der Waals surface area (Å²) in [7, 11) is 0. The van der Waals surface area contributed by atoms with Gasteiger partial charge < -0.3 is 15.5 Å². The zero-order valence-electron chi connectivity index (χ0n) is 15.4. The van der Waals surface area contributed by atoms with Crippen LogP contribution in [-0.4, -0.2) is 46.1 Å². The molecule has 2 aliphatic heterocycles. The van der Waals surface area contributed by atoms with E-state index in [-0.39, 0.29) is 0 Å². The number of hydrogen-bond donors (Lipinski definition) is 1. The number of nitrogen functional groups attached to an aromatic ring is 1. The van der Waals surface area contributed by atoms with Gasteiger partial charge in [0.2, 0.25) is 5.95 Å². The third-order valence-corrected chi connectivity index (χ3v) is 5.79. The number of anilines is 3. The molecule has 2 saturated heterocycles. The molecule has 0 saturated carbocycles. The van der Waals surface area contributed by atoms with E-state index in [0.29, 0.717) is 5.82 Å². The number of nitrogens with two attached hydrogens (primary N) is 1. The fourth-order valence-corrected chi connectivity index (χ4v) is 4.25. The Kier molecular flexibility index (Phi) is 4.86. The Balaban J connectivity index is 1.29. The van der Waals surface area contributed by atoms with E-state index in [2.05, 4.69) is 29.7 Å². The normalized spacial score (nSPS) is 19.7. The molecular weight excluding hydrogens is 326 g/mol. The Labute approximate surface area is 154 Å². The third-order valence-electron chi connectivity index (χ3n) is 5.79. The molecule has 0 amide bonds. The average Bonchev–Trinajstić information content (AvgIpc) is 2.69. The molecule has 4 heterocycles. The molecule has 2 N–H and O–H groups in total. The summed E-state index contributed by atoms with van der Waals surface area (Å²) >= 11 is 0. The van der Waals surface area contributed by atoms with Crippen LogP contribution in [0.25, 0.3) is 0 Å². The fraction of sp³-hybridized carbons (Fsp3) is 0.579. The van der Waals surface area contributed by atoms with Gasteiger partial charge >= 0.3 is 0 Å². The van der Waals surface area contributed by atoms with Crippen molar-refractivity contribution < 1.29 is 0 Å². The lowest BCUT2D eigenvalue weighted by molar-refractivity contribution is 0.232. The van der Waals surface area contributed by atoms with Crippen molar-refractivity contribution in [3.05, 3.63) is 30.4 Å². The molecule has 138 valence electrons. The maximum Gasteiger partial charge on any atom is 0.225 e. The lowest BCUT2D eigenvalue weighted by Crippen LogP contribution is -2.41. The summed E-state index contributed by atoms with van der Waals surface area (Å²) in [5.41, 5.74) is 6.90. The van der Waals surface area contributed by atoms with Crippen molar-refractivity contribution in [1.29, 1.82) is 0 Å². The SMILES string of the molecule is Cc1cnc(N2CCC(C3CCN(c4cc(N)ncn4)CC3)CC2)nc1. The highest BCUT2D eigenvalue weighted by molar-refractivity contribution is 5.46. The maximum atomic E-state index is 5.79. The molecule has 7 nitrogen and oxygen atoms in total. The molecule has 7 heteroatoms. The second-order valence-electron chi connectivity index (χ2n) is 7.51. The van der Waals surface area contributed by atoms with Crippen molar-refractivity contribution >= 4 is 17.6 Å². The van der Waals surface area contributed by atoms with Crippen molar-refractivity contribution in [2.45, 2.75) is 32.6 Å². The Morgan fingerprint density at radius 2 is 1.42 bits per heavy atom. The van der Waals surface area contributed by atoms with E-state index in [1.807, 2.05) is 25.4 Å². The lowest BCUT2D eigenvalue weighted by atomic mass is 9.79. The zero-order chi connectivity index (χ0) is 17.9. The van der Waals surface area contributed by atoms with Gasteiger partial charge in [0.1, 0.15) is 18.0 Å². The summed E-state index contributed by atoms with van der Waals surface area (Å²) in [6.07, 6.45) is 10.3. The summed E-state index contributed by atoms with van der Waals surface area (Å²) in [4.78, 5) is 22.0. The molecule has 2 aromatic heterocycles. The Morgan fingerprint density at radius 1 is 0.846 bits per heavy atom. The fourth-order valence-electron chi connectivity index (χ4n) is 4.25. The van der Waals surface area contributed by atoms with Crippen LogP contribution in [0.5, 0.6) is 0 Å². The largest absolute Gasteiger partial charge is 0.384 e. The van der Waals surface area contributed by atoms with Crippen molar-refractivity contribution in [2.24, 2.45) is 11.8 Å². The Bertz CT molecular complexity index is 717. The molecule has 0 aromatic carbocycles. The number of nitrogens with zero attached hydrogens (tertiary/aromatic N) is 6. The topological polar surface area (TPSA) is 84.1 Å². The van der Waals surface area contributed by atoms with E-state index in [1.54, 1.807) is 6.33 Å². The minimum absolute atomic E-state index is 0.544. The van der Waals surface area contributed by atoms with E-state index in [9.17, 15) is 0 Å². The van der Waals surface area contributed by atoms with Crippen LogP contribution < -0.4 is 15.5 Å². The number of aromatic nitrogens is 4. The lowest BCUT2D eigenvalue weighted by Gasteiger charge is -2.40. The molecule has 0 radical (unpaired) electrons. The highest BCUT2D eigenvalue weighted by Gasteiger charge is 2.30. The summed E-state index contributed by atoms with van der Waals surface area (Å²) < 4.78 is 0. The highest BCUT2D eigenvalue weighted by Crippen LogP contribution is 2.34. The van der Waals surface area contributed by atoms with Gasteiger partial charge in [-0.1, -0.05) is 0 Å². The predicted molar refractivity (Wildman–Crippen MR) is 103 cm³/mol. The second-order valence-corrected chi connectivity index (χ2v) is 7.51. The van der Waals surface area contributed by atoms with Crippen LogP contribution in [0.1, 0.15) is 31.2 Å². The molecule has 0 atom stereocenters. The van der Waals surface area contributed by atoms with E-state index in [4.69, 9.17) is 5.73 Å². The summed E-state index contributed by atoms with van der Waals surface area (Å²) in [5.74, 6) is 4.01. The standard InChI is InChI=1S/C19H27N7/c1-14-11-21-19(22-12-14)26-8-4-16(5-9-26)15-2-6-25(7-3-15)18-10-17(20)23-13-24-18/h10-13,15-16H,2-9H2,1H3,(H2,20,23,24). The smallest absolute Gasteiger partial charge is 0.225 e. The first-order valence-electron chi connectivity index (χ1n) is 9.55. The Morgan fingerprint density at radius 3 is 2.00 bits per heavy atom. The molecule has 0 unspecified atom stereocenters. The molecule has 2 fully saturated rings. The molecule has 0 bridgehead atoms. The first-order valence-corrected chi connectivity index (χ1v) is 9.55. The van der Waals surface area contributed by atoms with Crippen molar-refractivity contribution in [2.75, 3.05) is 41.7 Å². The van der Waals surface area contributed by atoms with Gasteiger partial charge in [0.15, 0.2) is 0 Å². The molecule has 2 aromatic rings. The van der Waals surface area contributed by atoms with Crippen molar-refractivity contribution in [3.8, 4) is 0 Å². The Hall–Kier alpha value is -2.44. The molecule has 4 rings (SSSR count). The summed E-state index contributed by atoms with van der Waals surface area (Å²) in [6, 6.07) is 1.88. The number of rotatable bonds is 3. The van der Waals surface area contributed by atoms with Crippen LogP contribution >= 0.6 is 0 Å². The second kappa shape index (κ2) is 7.43. The predicted octanol–water partition coefficient (Wildman–Crippen LogP) is 2.29. The van der Waals surface area contributed by atoms with Gasteiger partial charge in [-0.25, -0.2) is 19.9 Å². The van der Waals surface area contributed by atoms with Crippen molar-refractivity contribution in [1.82, 2.24) is 19.9 Å². The summed E-state index contributed by atoms with van der Waals surface area (Å²) in [5, 5.41) is 0. The van der Waals surface area contributed by atoms with E-state index < -0.39 is 0 Å². The molecule has 0 spiro atoms.